The van der Waals surface area contributed by atoms with Crippen molar-refractivity contribution in [3.63, 3.8) is 0 Å². The van der Waals surface area contributed by atoms with Gasteiger partial charge in [0.15, 0.2) is 0 Å². The van der Waals surface area contributed by atoms with E-state index in [1.165, 1.54) is 5.57 Å². The summed E-state index contributed by atoms with van der Waals surface area (Å²) in [4.78, 5) is 11.2. The monoisotopic (exact) mass is 178 g/mol. The largest absolute Gasteiger partial charge is 0.300 e. The first kappa shape index (κ1) is 10.2. The third-order valence-corrected chi connectivity index (χ3v) is 2.70. The average Bonchev–Trinajstić information content (AvgIpc) is 2.15. The van der Waals surface area contributed by atoms with Crippen LogP contribution in [0.4, 0.5) is 0 Å². The van der Waals surface area contributed by atoms with Crippen LogP contribution < -0.4 is 0 Å². The molecule has 1 atom stereocenters. The minimum atomic E-state index is 0.296. The molecule has 0 saturated carbocycles. The van der Waals surface area contributed by atoms with Crippen LogP contribution in [0.2, 0.25) is 0 Å². The van der Waals surface area contributed by atoms with Crippen LogP contribution >= 0.6 is 0 Å². The number of carbonyl (C=O) groups is 1. The van der Waals surface area contributed by atoms with Crippen molar-refractivity contribution in [2.24, 2.45) is 5.92 Å². The minimum Gasteiger partial charge on any atom is -0.300 e. The van der Waals surface area contributed by atoms with Crippen LogP contribution in [-0.4, -0.2) is 5.78 Å². The van der Waals surface area contributed by atoms with E-state index in [4.69, 9.17) is 0 Å². The maximum absolute atomic E-state index is 11.2. The number of rotatable bonds is 4. The average molecular weight is 178 g/mol. The molecule has 0 N–H and O–H groups in total. The number of carbonyl (C=O) groups excluding carboxylic acids is 1. The summed E-state index contributed by atoms with van der Waals surface area (Å²) in [7, 11) is 0. The van der Waals surface area contributed by atoms with Crippen molar-refractivity contribution in [3.8, 4) is 0 Å². The van der Waals surface area contributed by atoms with Gasteiger partial charge < -0.3 is 0 Å². The summed E-state index contributed by atoms with van der Waals surface area (Å²) < 4.78 is 0. The Morgan fingerprint density at radius 1 is 1.77 bits per heavy atom. The van der Waals surface area contributed by atoms with E-state index >= 15 is 0 Å². The van der Waals surface area contributed by atoms with E-state index in [1.54, 1.807) is 6.92 Å². The van der Waals surface area contributed by atoms with Crippen molar-refractivity contribution in [3.05, 3.63) is 24.3 Å². The van der Waals surface area contributed by atoms with Crippen molar-refractivity contribution in [2.45, 2.75) is 39.0 Å². The van der Waals surface area contributed by atoms with Gasteiger partial charge in [0.1, 0.15) is 5.78 Å². The van der Waals surface area contributed by atoms with Gasteiger partial charge in [-0.05, 0) is 39.0 Å². The molecule has 0 bridgehead atoms. The zero-order valence-corrected chi connectivity index (χ0v) is 8.38. The highest BCUT2D eigenvalue weighted by molar-refractivity contribution is 5.78. The van der Waals surface area contributed by atoms with Crippen LogP contribution in [0.3, 0.4) is 0 Å². The van der Waals surface area contributed by atoms with Crippen molar-refractivity contribution in [1.29, 1.82) is 0 Å². The lowest BCUT2D eigenvalue weighted by Gasteiger charge is -2.20. The molecule has 0 heterocycles. The van der Waals surface area contributed by atoms with Crippen molar-refractivity contribution < 1.29 is 4.79 Å². The molecule has 72 valence electrons. The van der Waals surface area contributed by atoms with Crippen LogP contribution in [0, 0.1) is 5.92 Å². The number of ketones is 1. The normalized spacial score (nSPS) is 22.2. The Labute approximate surface area is 80.5 Å². The zero-order valence-electron chi connectivity index (χ0n) is 8.38. The Morgan fingerprint density at radius 2 is 2.54 bits per heavy atom. The van der Waals surface area contributed by atoms with Crippen LogP contribution in [-0.2, 0) is 4.79 Å². The molecule has 0 aromatic heterocycles. The fraction of sp³-hybridized carbons (Fsp3) is 0.583. The van der Waals surface area contributed by atoms with E-state index in [1.807, 2.05) is 6.08 Å². The van der Waals surface area contributed by atoms with Gasteiger partial charge in [0.05, 0.1) is 0 Å². The minimum absolute atomic E-state index is 0.296. The summed E-state index contributed by atoms with van der Waals surface area (Å²) in [6.45, 7) is 5.41. The molecular weight excluding hydrogens is 160 g/mol. The van der Waals surface area contributed by atoms with Crippen LogP contribution in [0.25, 0.3) is 0 Å². The molecule has 1 aliphatic rings. The molecule has 1 heteroatoms. The lowest BCUT2D eigenvalue weighted by atomic mass is 9.85. The second kappa shape index (κ2) is 5.00. The van der Waals surface area contributed by atoms with Gasteiger partial charge in [-0.25, -0.2) is 0 Å². The molecule has 1 rings (SSSR count). The van der Waals surface area contributed by atoms with Crippen LogP contribution in [0.5, 0.6) is 0 Å². The van der Waals surface area contributed by atoms with Crippen LogP contribution in [0.15, 0.2) is 24.3 Å². The van der Waals surface area contributed by atoms with E-state index in [2.05, 4.69) is 12.7 Å². The number of Topliss-reactive ketones (excluding diaryl/α,β-unsaturated/α-hetero) is 1. The fourth-order valence-corrected chi connectivity index (χ4v) is 1.83. The summed E-state index contributed by atoms with van der Waals surface area (Å²) in [5.74, 6) is 0.647. The maximum Gasteiger partial charge on any atom is 0.133 e. The Kier molecular flexibility index (Phi) is 3.94. The van der Waals surface area contributed by atoms with Crippen molar-refractivity contribution in [2.75, 3.05) is 0 Å². The standard InChI is InChI=1S/C12H18O/c1-3-4-6-11-7-5-8-12(9-11)10(2)13/h3,7,12H,1,4-6,8-9H2,2H3. The highest BCUT2D eigenvalue weighted by Crippen LogP contribution is 2.27. The molecule has 0 aliphatic heterocycles. The molecule has 0 saturated heterocycles. The Balaban J connectivity index is 2.44. The van der Waals surface area contributed by atoms with Gasteiger partial charge in [-0.3, -0.25) is 4.79 Å². The molecule has 0 radical (unpaired) electrons. The lowest BCUT2D eigenvalue weighted by molar-refractivity contribution is -0.121. The maximum atomic E-state index is 11.2. The Morgan fingerprint density at radius 3 is 3.15 bits per heavy atom. The van der Waals surface area contributed by atoms with E-state index in [0.29, 0.717) is 11.7 Å². The second-order valence-electron chi connectivity index (χ2n) is 3.78. The highest BCUT2D eigenvalue weighted by atomic mass is 16.1. The number of hydrogen-bond donors (Lipinski definition) is 0. The van der Waals surface area contributed by atoms with E-state index in [-0.39, 0.29) is 0 Å². The topological polar surface area (TPSA) is 17.1 Å². The summed E-state index contributed by atoms with van der Waals surface area (Å²) in [6.07, 6.45) is 9.48. The SMILES string of the molecule is C=CCCC1=CCCC(C(C)=O)C1. The molecule has 0 fully saturated rings. The lowest BCUT2D eigenvalue weighted by Crippen LogP contribution is -2.14. The first-order chi connectivity index (χ1) is 6.24. The molecule has 0 aromatic rings. The summed E-state index contributed by atoms with van der Waals surface area (Å²) >= 11 is 0. The third-order valence-electron chi connectivity index (χ3n) is 2.70. The van der Waals surface area contributed by atoms with Crippen LogP contribution in [0.1, 0.15) is 39.0 Å². The smallest absolute Gasteiger partial charge is 0.133 e. The fourth-order valence-electron chi connectivity index (χ4n) is 1.83. The first-order valence-electron chi connectivity index (χ1n) is 5.03. The second-order valence-corrected chi connectivity index (χ2v) is 3.78. The van der Waals surface area contributed by atoms with E-state index in [9.17, 15) is 4.79 Å². The van der Waals surface area contributed by atoms with Gasteiger partial charge in [0, 0.05) is 5.92 Å². The number of allylic oxidation sites excluding steroid dienone is 3. The molecule has 0 amide bonds. The Hall–Kier alpha value is -0.850. The van der Waals surface area contributed by atoms with Crippen molar-refractivity contribution >= 4 is 5.78 Å². The molecule has 1 unspecified atom stereocenters. The molecular formula is C12H18O. The molecule has 13 heavy (non-hydrogen) atoms. The quantitative estimate of drug-likeness (QED) is 0.604. The molecule has 1 nitrogen and oxygen atoms in total. The predicted molar refractivity (Wildman–Crippen MR) is 55.5 cm³/mol. The van der Waals surface area contributed by atoms with Gasteiger partial charge >= 0.3 is 0 Å². The number of hydrogen-bond acceptors (Lipinski definition) is 1. The van der Waals surface area contributed by atoms with Gasteiger partial charge in [-0.15, -0.1) is 6.58 Å². The van der Waals surface area contributed by atoms with Gasteiger partial charge in [0.25, 0.3) is 0 Å². The molecule has 1 aliphatic carbocycles. The highest BCUT2D eigenvalue weighted by Gasteiger charge is 2.18. The first-order valence-corrected chi connectivity index (χ1v) is 5.03. The summed E-state index contributed by atoms with van der Waals surface area (Å²) in [5, 5.41) is 0. The summed E-state index contributed by atoms with van der Waals surface area (Å²) in [5.41, 5.74) is 1.45. The predicted octanol–water partition coefficient (Wildman–Crippen LogP) is 3.27. The van der Waals surface area contributed by atoms with E-state index in [0.717, 1.165) is 32.1 Å². The van der Waals surface area contributed by atoms with E-state index < -0.39 is 0 Å². The van der Waals surface area contributed by atoms with Crippen molar-refractivity contribution in [1.82, 2.24) is 0 Å². The third kappa shape index (κ3) is 3.17. The Bertz CT molecular complexity index is 225. The van der Waals surface area contributed by atoms with Gasteiger partial charge in [-0.1, -0.05) is 17.7 Å². The zero-order chi connectivity index (χ0) is 9.68. The summed E-state index contributed by atoms with van der Waals surface area (Å²) in [6, 6.07) is 0. The molecule has 0 aromatic carbocycles. The van der Waals surface area contributed by atoms with Gasteiger partial charge in [-0.2, -0.15) is 0 Å². The molecule has 0 spiro atoms. The van der Waals surface area contributed by atoms with Gasteiger partial charge in [0.2, 0.25) is 0 Å².